The molecule has 0 aliphatic carbocycles. The van der Waals surface area contributed by atoms with Crippen LogP contribution in [0.15, 0.2) is 59.1 Å². The molecule has 23 heavy (non-hydrogen) atoms. The van der Waals surface area contributed by atoms with Gasteiger partial charge in [0.1, 0.15) is 0 Å². The molecule has 0 unspecified atom stereocenters. The molecule has 1 N–H and O–H groups in total. The Balaban J connectivity index is 1.77. The summed E-state index contributed by atoms with van der Waals surface area (Å²) >= 11 is 3.39. The van der Waals surface area contributed by atoms with Gasteiger partial charge in [0, 0.05) is 30.0 Å². The highest BCUT2D eigenvalue weighted by Crippen LogP contribution is 2.21. The van der Waals surface area contributed by atoms with Crippen molar-refractivity contribution in [3.63, 3.8) is 0 Å². The van der Waals surface area contributed by atoms with Crippen LogP contribution in [0.3, 0.4) is 0 Å². The highest BCUT2D eigenvalue weighted by molar-refractivity contribution is 9.10. The fraction of sp³-hybridized carbons (Fsp3) is 0.222. The third kappa shape index (κ3) is 5.21. The van der Waals surface area contributed by atoms with Crippen LogP contribution in [0.25, 0.3) is 0 Å². The molecule has 4 nitrogen and oxygen atoms in total. The number of anilines is 2. The van der Waals surface area contributed by atoms with Crippen molar-refractivity contribution < 1.29 is 9.59 Å². The molecule has 0 aliphatic rings. The fourth-order valence-electron chi connectivity index (χ4n) is 2.14. The van der Waals surface area contributed by atoms with Gasteiger partial charge in [-0.25, -0.2) is 0 Å². The van der Waals surface area contributed by atoms with E-state index in [-0.39, 0.29) is 11.8 Å². The number of hydrogen-bond donors (Lipinski definition) is 1. The second kappa shape index (κ2) is 8.48. The van der Waals surface area contributed by atoms with E-state index in [1.165, 1.54) is 0 Å². The second-order valence-corrected chi connectivity index (χ2v) is 6.02. The Kier molecular flexibility index (Phi) is 6.35. The number of amides is 2. The summed E-state index contributed by atoms with van der Waals surface area (Å²) in [6.07, 6.45) is 1.18. The van der Waals surface area contributed by atoms with Gasteiger partial charge in [0.05, 0.1) is 5.69 Å². The number of carbonyl (C=O) groups is 2. The molecule has 2 amide bonds. The number of para-hydroxylation sites is 2. The van der Waals surface area contributed by atoms with Gasteiger partial charge in [0.25, 0.3) is 0 Å². The Bertz CT molecular complexity index is 674. The number of carbonyl (C=O) groups excluding carboxylic acids is 2. The van der Waals surface area contributed by atoms with Crippen LogP contribution in [0.2, 0.25) is 0 Å². The maximum Gasteiger partial charge on any atom is 0.226 e. The molecular formula is C18H19BrN2O2. The quantitative estimate of drug-likeness (QED) is 0.822. The highest BCUT2D eigenvalue weighted by atomic mass is 79.9. The van der Waals surface area contributed by atoms with E-state index in [0.29, 0.717) is 19.3 Å². The zero-order chi connectivity index (χ0) is 16.7. The molecule has 5 heteroatoms. The molecular weight excluding hydrogens is 356 g/mol. The van der Waals surface area contributed by atoms with Crippen molar-refractivity contribution in [3.8, 4) is 0 Å². The van der Waals surface area contributed by atoms with E-state index in [0.717, 1.165) is 15.8 Å². The maximum absolute atomic E-state index is 12.1. The molecule has 0 aliphatic heterocycles. The first kappa shape index (κ1) is 17.2. The van der Waals surface area contributed by atoms with Gasteiger partial charge in [0.2, 0.25) is 11.8 Å². The molecule has 2 rings (SSSR count). The average molecular weight is 375 g/mol. The van der Waals surface area contributed by atoms with Crippen molar-refractivity contribution in [2.24, 2.45) is 0 Å². The Hall–Kier alpha value is -2.14. The van der Waals surface area contributed by atoms with Gasteiger partial charge >= 0.3 is 0 Å². The predicted octanol–water partition coefficient (Wildman–Crippen LogP) is 4.22. The molecule has 120 valence electrons. The van der Waals surface area contributed by atoms with Crippen LogP contribution in [0.5, 0.6) is 0 Å². The standard InChI is InChI=1S/C18H19BrN2O2/c1-21(14-8-3-2-4-9-14)18(23)13-7-12-17(22)20-16-11-6-5-10-15(16)19/h2-6,8-11H,7,12-13H2,1H3,(H,20,22). The lowest BCUT2D eigenvalue weighted by molar-refractivity contribution is -0.118. The number of benzene rings is 2. The minimum Gasteiger partial charge on any atom is -0.325 e. The summed E-state index contributed by atoms with van der Waals surface area (Å²) in [7, 11) is 1.75. The number of halogens is 1. The van der Waals surface area contributed by atoms with Crippen molar-refractivity contribution in [3.05, 3.63) is 59.1 Å². The van der Waals surface area contributed by atoms with Crippen LogP contribution < -0.4 is 10.2 Å². The molecule has 2 aromatic rings. The zero-order valence-corrected chi connectivity index (χ0v) is 14.5. The van der Waals surface area contributed by atoms with Crippen molar-refractivity contribution in [1.82, 2.24) is 0 Å². The largest absolute Gasteiger partial charge is 0.325 e. The van der Waals surface area contributed by atoms with Crippen LogP contribution in [0, 0.1) is 0 Å². The van der Waals surface area contributed by atoms with Crippen LogP contribution >= 0.6 is 15.9 Å². The topological polar surface area (TPSA) is 49.4 Å². The van der Waals surface area contributed by atoms with Gasteiger partial charge in [-0.15, -0.1) is 0 Å². The minimum atomic E-state index is -0.0907. The Morgan fingerprint density at radius 1 is 1.00 bits per heavy atom. The number of rotatable bonds is 6. The molecule has 0 fully saturated rings. The lowest BCUT2D eigenvalue weighted by Gasteiger charge is -2.17. The molecule has 0 aromatic heterocycles. The molecule has 0 saturated carbocycles. The lowest BCUT2D eigenvalue weighted by Crippen LogP contribution is -2.26. The van der Waals surface area contributed by atoms with E-state index < -0.39 is 0 Å². The predicted molar refractivity (Wildman–Crippen MR) is 96.5 cm³/mol. The zero-order valence-electron chi connectivity index (χ0n) is 13.0. The van der Waals surface area contributed by atoms with E-state index >= 15 is 0 Å². The van der Waals surface area contributed by atoms with Crippen molar-refractivity contribution in [1.29, 1.82) is 0 Å². The smallest absolute Gasteiger partial charge is 0.226 e. The molecule has 0 heterocycles. The van der Waals surface area contributed by atoms with Gasteiger partial charge in [0.15, 0.2) is 0 Å². The molecule has 0 radical (unpaired) electrons. The summed E-state index contributed by atoms with van der Waals surface area (Å²) in [4.78, 5) is 25.7. The first-order valence-electron chi connectivity index (χ1n) is 7.44. The van der Waals surface area contributed by atoms with Gasteiger partial charge < -0.3 is 10.2 Å². The lowest BCUT2D eigenvalue weighted by atomic mass is 10.2. The van der Waals surface area contributed by atoms with Crippen molar-refractivity contribution >= 4 is 39.1 Å². The maximum atomic E-state index is 12.1. The minimum absolute atomic E-state index is 0.00453. The van der Waals surface area contributed by atoms with E-state index in [1.807, 2.05) is 54.6 Å². The van der Waals surface area contributed by atoms with E-state index in [9.17, 15) is 9.59 Å². The third-order valence-electron chi connectivity index (χ3n) is 3.46. The fourth-order valence-corrected chi connectivity index (χ4v) is 2.52. The molecule has 0 atom stereocenters. The molecule has 0 saturated heterocycles. The summed E-state index contributed by atoms with van der Waals surface area (Å²) in [5.41, 5.74) is 1.60. The Labute approximate surface area is 144 Å². The van der Waals surface area contributed by atoms with Gasteiger partial charge in [-0.2, -0.15) is 0 Å². The number of hydrogen-bond acceptors (Lipinski definition) is 2. The number of nitrogens with one attached hydrogen (secondary N) is 1. The average Bonchev–Trinajstić information content (AvgIpc) is 2.57. The summed E-state index contributed by atoms with van der Waals surface area (Å²) in [5.74, 6) is -0.0862. The summed E-state index contributed by atoms with van der Waals surface area (Å²) in [6.45, 7) is 0. The van der Waals surface area contributed by atoms with Gasteiger partial charge in [-0.1, -0.05) is 30.3 Å². The number of nitrogens with zero attached hydrogens (tertiary/aromatic N) is 1. The Morgan fingerprint density at radius 2 is 1.65 bits per heavy atom. The normalized spacial score (nSPS) is 10.2. The van der Waals surface area contributed by atoms with Crippen molar-refractivity contribution in [2.75, 3.05) is 17.3 Å². The molecule has 2 aromatic carbocycles. The highest BCUT2D eigenvalue weighted by Gasteiger charge is 2.11. The van der Waals surface area contributed by atoms with Crippen LogP contribution in [-0.2, 0) is 9.59 Å². The Morgan fingerprint density at radius 3 is 2.35 bits per heavy atom. The summed E-state index contributed by atoms with van der Waals surface area (Å²) < 4.78 is 0.841. The van der Waals surface area contributed by atoms with Gasteiger partial charge in [-0.3, -0.25) is 9.59 Å². The SMILES string of the molecule is CN(C(=O)CCCC(=O)Nc1ccccc1Br)c1ccccc1. The van der Waals surface area contributed by atoms with E-state index in [4.69, 9.17) is 0 Å². The van der Waals surface area contributed by atoms with Crippen LogP contribution in [-0.4, -0.2) is 18.9 Å². The van der Waals surface area contributed by atoms with E-state index in [1.54, 1.807) is 11.9 Å². The van der Waals surface area contributed by atoms with Gasteiger partial charge in [-0.05, 0) is 46.6 Å². The first-order chi connectivity index (χ1) is 11.1. The summed E-state index contributed by atoms with van der Waals surface area (Å²) in [5, 5.41) is 2.83. The second-order valence-electron chi connectivity index (χ2n) is 5.17. The third-order valence-corrected chi connectivity index (χ3v) is 4.15. The molecule has 0 spiro atoms. The monoisotopic (exact) mass is 374 g/mol. The first-order valence-corrected chi connectivity index (χ1v) is 8.23. The van der Waals surface area contributed by atoms with Crippen LogP contribution in [0.1, 0.15) is 19.3 Å². The van der Waals surface area contributed by atoms with Crippen LogP contribution in [0.4, 0.5) is 11.4 Å². The molecule has 0 bridgehead atoms. The van der Waals surface area contributed by atoms with Crippen molar-refractivity contribution in [2.45, 2.75) is 19.3 Å². The summed E-state index contributed by atoms with van der Waals surface area (Å²) in [6, 6.07) is 16.9. The van der Waals surface area contributed by atoms with E-state index in [2.05, 4.69) is 21.2 Å².